The molecule has 0 saturated carbocycles. The zero-order valence-corrected chi connectivity index (χ0v) is 10.9. The zero-order chi connectivity index (χ0) is 14.5. The molecule has 1 heterocycles. The van der Waals surface area contributed by atoms with Crippen molar-refractivity contribution in [2.24, 2.45) is 0 Å². The number of anilines is 2. The molecular formula is C11H18N4O4. The minimum Gasteiger partial charge on any atom is -0.394 e. The van der Waals surface area contributed by atoms with Crippen LogP contribution in [0.4, 0.5) is 17.3 Å². The maximum atomic E-state index is 11.0. The van der Waals surface area contributed by atoms with E-state index in [-0.39, 0.29) is 24.7 Å². The van der Waals surface area contributed by atoms with Crippen LogP contribution in [0.2, 0.25) is 0 Å². The summed E-state index contributed by atoms with van der Waals surface area (Å²) in [6, 6.07) is 2.80. The van der Waals surface area contributed by atoms with Crippen molar-refractivity contribution in [3.8, 4) is 0 Å². The summed E-state index contributed by atoms with van der Waals surface area (Å²) in [5.74, 6) is 0.468. The van der Waals surface area contributed by atoms with E-state index in [1.165, 1.54) is 12.1 Å². The highest BCUT2D eigenvalue weighted by molar-refractivity contribution is 5.61. The SMILES string of the molecule is CCC(CO)(CO)Nc1nc(NC)ccc1[N+](=O)[O-]. The smallest absolute Gasteiger partial charge is 0.311 e. The van der Waals surface area contributed by atoms with Crippen LogP contribution in [0.5, 0.6) is 0 Å². The standard InChI is InChI=1S/C11H18N4O4/c1-3-11(6-16,7-17)14-10-8(15(18)19)4-5-9(12-2)13-10/h4-5,16-17H,3,6-7H2,1-2H3,(H2,12,13,14). The van der Waals surface area contributed by atoms with Crippen molar-refractivity contribution in [1.82, 2.24) is 4.98 Å². The molecule has 1 aromatic rings. The minimum atomic E-state index is -1.04. The summed E-state index contributed by atoms with van der Waals surface area (Å²) < 4.78 is 0. The van der Waals surface area contributed by atoms with Crippen molar-refractivity contribution in [3.63, 3.8) is 0 Å². The molecule has 19 heavy (non-hydrogen) atoms. The van der Waals surface area contributed by atoms with Crippen LogP contribution < -0.4 is 10.6 Å². The second-order valence-electron chi connectivity index (χ2n) is 4.15. The molecule has 0 bridgehead atoms. The monoisotopic (exact) mass is 270 g/mol. The highest BCUT2D eigenvalue weighted by Crippen LogP contribution is 2.27. The Balaban J connectivity index is 3.19. The first-order valence-electron chi connectivity index (χ1n) is 5.85. The first-order chi connectivity index (χ1) is 9.01. The fourth-order valence-corrected chi connectivity index (χ4v) is 1.52. The number of nitro groups is 1. The van der Waals surface area contributed by atoms with Crippen LogP contribution in [0.15, 0.2) is 12.1 Å². The topological polar surface area (TPSA) is 121 Å². The van der Waals surface area contributed by atoms with Crippen molar-refractivity contribution in [3.05, 3.63) is 22.2 Å². The molecule has 1 rings (SSSR count). The Morgan fingerprint density at radius 1 is 1.42 bits per heavy atom. The predicted molar refractivity (Wildman–Crippen MR) is 71.3 cm³/mol. The van der Waals surface area contributed by atoms with Gasteiger partial charge < -0.3 is 20.8 Å². The summed E-state index contributed by atoms with van der Waals surface area (Å²) in [6.07, 6.45) is 0.391. The first kappa shape index (κ1) is 15.1. The number of pyridine rings is 1. The molecule has 106 valence electrons. The van der Waals surface area contributed by atoms with E-state index in [0.29, 0.717) is 12.2 Å². The van der Waals surface area contributed by atoms with Crippen molar-refractivity contribution < 1.29 is 15.1 Å². The molecule has 0 radical (unpaired) electrons. The molecule has 0 aliphatic carbocycles. The zero-order valence-electron chi connectivity index (χ0n) is 10.9. The number of nitrogens with zero attached hydrogens (tertiary/aromatic N) is 2. The molecule has 0 atom stereocenters. The van der Waals surface area contributed by atoms with Crippen molar-refractivity contribution in [1.29, 1.82) is 0 Å². The number of hydrogen-bond acceptors (Lipinski definition) is 7. The second-order valence-corrected chi connectivity index (χ2v) is 4.15. The molecule has 0 saturated heterocycles. The van der Waals surface area contributed by atoms with E-state index in [9.17, 15) is 20.3 Å². The lowest BCUT2D eigenvalue weighted by Crippen LogP contribution is -2.45. The average molecular weight is 270 g/mol. The van der Waals surface area contributed by atoms with E-state index in [2.05, 4.69) is 15.6 Å². The van der Waals surface area contributed by atoms with Crippen molar-refractivity contribution in [2.45, 2.75) is 18.9 Å². The van der Waals surface area contributed by atoms with Gasteiger partial charge in [-0.2, -0.15) is 0 Å². The summed E-state index contributed by atoms with van der Waals surface area (Å²) >= 11 is 0. The largest absolute Gasteiger partial charge is 0.394 e. The van der Waals surface area contributed by atoms with Gasteiger partial charge in [-0.05, 0) is 12.5 Å². The van der Waals surface area contributed by atoms with Crippen LogP contribution in [-0.4, -0.2) is 45.9 Å². The minimum absolute atomic E-state index is 0.0156. The fourth-order valence-electron chi connectivity index (χ4n) is 1.52. The molecule has 1 aromatic heterocycles. The fraction of sp³-hybridized carbons (Fsp3) is 0.545. The lowest BCUT2D eigenvalue weighted by atomic mass is 9.98. The normalized spacial score (nSPS) is 11.2. The van der Waals surface area contributed by atoms with Gasteiger partial charge in [0.25, 0.3) is 0 Å². The van der Waals surface area contributed by atoms with E-state index in [0.717, 1.165) is 0 Å². The molecule has 8 nitrogen and oxygen atoms in total. The molecule has 4 N–H and O–H groups in total. The summed E-state index contributed by atoms with van der Waals surface area (Å²) in [7, 11) is 1.64. The number of nitrogens with one attached hydrogen (secondary N) is 2. The molecule has 0 aliphatic rings. The van der Waals surface area contributed by atoms with Gasteiger partial charge >= 0.3 is 5.69 Å². The lowest BCUT2D eigenvalue weighted by Gasteiger charge is -2.30. The van der Waals surface area contributed by atoms with Crippen LogP contribution in [0.25, 0.3) is 0 Å². The Kier molecular flexibility index (Phi) is 5.02. The summed E-state index contributed by atoms with van der Waals surface area (Å²) in [6.45, 7) is 1.04. The number of aromatic nitrogens is 1. The third kappa shape index (κ3) is 3.30. The van der Waals surface area contributed by atoms with Gasteiger partial charge in [0, 0.05) is 13.1 Å². The predicted octanol–water partition coefficient (Wildman–Crippen LogP) is 0.577. The van der Waals surface area contributed by atoms with Gasteiger partial charge in [-0.3, -0.25) is 10.1 Å². The summed E-state index contributed by atoms with van der Waals surface area (Å²) in [4.78, 5) is 14.4. The van der Waals surface area contributed by atoms with Gasteiger partial charge in [0.15, 0.2) is 0 Å². The van der Waals surface area contributed by atoms with E-state index in [1.807, 2.05) is 0 Å². The number of aliphatic hydroxyl groups is 2. The van der Waals surface area contributed by atoms with Gasteiger partial charge in [0.1, 0.15) is 5.82 Å². The van der Waals surface area contributed by atoms with Gasteiger partial charge in [0.2, 0.25) is 5.82 Å². The van der Waals surface area contributed by atoms with E-state index >= 15 is 0 Å². The Hall–Kier alpha value is -1.93. The number of rotatable bonds is 7. The Morgan fingerprint density at radius 2 is 2.05 bits per heavy atom. The van der Waals surface area contributed by atoms with E-state index in [4.69, 9.17) is 0 Å². The Labute approximate surface area is 110 Å². The first-order valence-corrected chi connectivity index (χ1v) is 5.85. The highest BCUT2D eigenvalue weighted by Gasteiger charge is 2.30. The number of aliphatic hydroxyl groups excluding tert-OH is 2. The molecule has 0 spiro atoms. The summed E-state index contributed by atoms with van der Waals surface area (Å²) in [5.41, 5.74) is -1.25. The Bertz CT molecular complexity index is 440. The third-order valence-electron chi connectivity index (χ3n) is 2.99. The van der Waals surface area contributed by atoms with Crippen LogP contribution in [0.1, 0.15) is 13.3 Å². The van der Waals surface area contributed by atoms with Crippen molar-refractivity contribution in [2.75, 3.05) is 30.9 Å². The van der Waals surface area contributed by atoms with Crippen LogP contribution in [-0.2, 0) is 0 Å². The van der Waals surface area contributed by atoms with Crippen molar-refractivity contribution >= 4 is 17.3 Å². The Morgan fingerprint density at radius 3 is 2.47 bits per heavy atom. The van der Waals surface area contributed by atoms with Gasteiger partial charge in [0.05, 0.1) is 23.7 Å². The van der Waals surface area contributed by atoms with Gasteiger partial charge in [-0.25, -0.2) is 4.98 Å². The number of hydrogen-bond donors (Lipinski definition) is 4. The maximum Gasteiger partial charge on any atom is 0.311 e. The maximum absolute atomic E-state index is 11.0. The highest BCUT2D eigenvalue weighted by atomic mass is 16.6. The average Bonchev–Trinajstić information content (AvgIpc) is 2.44. The van der Waals surface area contributed by atoms with E-state index < -0.39 is 10.5 Å². The quantitative estimate of drug-likeness (QED) is 0.422. The van der Waals surface area contributed by atoms with Gasteiger partial charge in [-0.1, -0.05) is 6.92 Å². The van der Waals surface area contributed by atoms with E-state index in [1.54, 1.807) is 14.0 Å². The molecule has 0 unspecified atom stereocenters. The molecule has 0 amide bonds. The summed E-state index contributed by atoms with van der Waals surface area (Å²) in [5, 5.41) is 35.2. The van der Waals surface area contributed by atoms with Gasteiger partial charge in [-0.15, -0.1) is 0 Å². The van der Waals surface area contributed by atoms with Crippen LogP contribution in [0.3, 0.4) is 0 Å². The molecule has 0 fully saturated rings. The molecule has 0 aliphatic heterocycles. The molecule has 8 heteroatoms. The van der Waals surface area contributed by atoms with Crippen LogP contribution >= 0.6 is 0 Å². The molecule has 0 aromatic carbocycles. The third-order valence-corrected chi connectivity index (χ3v) is 2.99. The second kappa shape index (κ2) is 6.30. The lowest BCUT2D eigenvalue weighted by molar-refractivity contribution is -0.384. The molecular weight excluding hydrogens is 252 g/mol. The van der Waals surface area contributed by atoms with Crippen LogP contribution in [0, 0.1) is 10.1 Å².